The van der Waals surface area contributed by atoms with Gasteiger partial charge in [0.05, 0.1) is 6.61 Å². The van der Waals surface area contributed by atoms with Gasteiger partial charge in [0.25, 0.3) is 0 Å². The van der Waals surface area contributed by atoms with E-state index < -0.39 is 0 Å². The van der Waals surface area contributed by atoms with Gasteiger partial charge < -0.3 is 10.1 Å². The van der Waals surface area contributed by atoms with Gasteiger partial charge in [0, 0.05) is 18.3 Å². The number of nitrogens with one attached hydrogen (secondary N) is 1. The molecule has 0 unspecified atom stereocenters. The lowest BCUT2D eigenvalue weighted by atomic mass is 10.2. The molecule has 16 heavy (non-hydrogen) atoms. The van der Waals surface area contributed by atoms with E-state index in [0.717, 1.165) is 31.0 Å². The lowest BCUT2D eigenvalue weighted by Gasteiger charge is -2.08. The first kappa shape index (κ1) is 12.9. The summed E-state index contributed by atoms with van der Waals surface area (Å²) in [4.78, 5) is 0. The molecule has 0 spiro atoms. The molecule has 0 saturated carbocycles. The van der Waals surface area contributed by atoms with Crippen LogP contribution in [0.15, 0.2) is 24.3 Å². The molecule has 1 rings (SSSR count). The Hall–Kier alpha value is -1.18. The molecule has 0 aromatic heterocycles. The summed E-state index contributed by atoms with van der Waals surface area (Å²) in [5, 5.41) is 3.28. The molecule has 0 saturated heterocycles. The van der Waals surface area contributed by atoms with E-state index in [1.807, 2.05) is 12.1 Å². The average Bonchev–Trinajstić information content (AvgIpc) is 2.30. The number of benzene rings is 1. The number of unbranched alkanes of at least 4 members (excludes halogenated alkanes) is 3. The minimum Gasteiger partial charge on any atom is -0.494 e. The van der Waals surface area contributed by atoms with Gasteiger partial charge in [-0.1, -0.05) is 32.3 Å². The van der Waals surface area contributed by atoms with E-state index in [4.69, 9.17) is 4.74 Å². The summed E-state index contributed by atoms with van der Waals surface area (Å²) in [5.74, 6) is 0.968. The molecule has 0 aliphatic rings. The predicted molar refractivity (Wildman–Crippen MR) is 70.2 cm³/mol. The van der Waals surface area contributed by atoms with Gasteiger partial charge in [0.15, 0.2) is 0 Å². The Morgan fingerprint density at radius 2 is 2.00 bits per heavy atom. The first-order chi connectivity index (χ1) is 7.86. The van der Waals surface area contributed by atoms with Crippen LogP contribution in [0.1, 0.15) is 39.5 Å². The molecule has 0 fully saturated rings. The van der Waals surface area contributed by atoms with Crippen LogP contribution in [0.4, 0.5) is 5.69 Å². The van der Waals surface area contributed by atoms with Gasteiger partial charge in [-0.25, -0.2) is 0 Å². The van der Waals surface area contributed by atoms with Crippen LogP contribution in [0.2, 0.25) is 0 Å². The van der Waals surface area contributed by atoms with Crippen LogP contribution >= 0.6 is 0 Å². The molecule has 0 bridgehead atoms. The molecule has 0 aliphatic heterocycles. The smallest absolute Gasteiger partial charge is 0.121 e. The minimum absolute atomic E-state index is 0.829. The summed E-state index contributed by atoms with van der Waals surface area (Å²) < 4.78 is 5.70. The third-order valence-corrected chi connectivity index (χ3v) is 2.48. The van der Waals surface area contributed by atoms with Crippen molar-refractivity contribution in [1.82, 2.24) is 0 Å². The molecule has 90 valence electrons. The molecular weight excluding hydrogens is 198 g/mol. The monoisotopic (exact) mass is 221 g/mol. The van der Waals surface area contributed by atoms with E-state index >= 15 is 0 Å². The lowest BCUT2D eigenvalue weighted by Crippen LogP contribution is -1.99. The van der Waals surface area contributed by atoms with Gasteiger partial charge >= 0.3 is 0 Å². The SMILES string of the molecule is CCCCCCOc1cccc(NCC)c1. The average molecular weight is 221 g/mol. The highest BCUT2D eigenvalue weighted by Gasteiger charge is 1.95. The van der Waals surface area contributed by atoms with E-state index in [1.54, 1.807) is 0 Å². The number of hydrogen-bond acceptors (Lipinski definition) is 2. The fraction of sp³-hybridized carbons (Fsp3) is 0.571. The Morgan fingerprint density at radius 3 is 2.75 bits per heavy atom. The second kappa shape index (κ2) is 8.03. The van der Waals surface area contributed by atoms with E-state index in [1.165, 1.54) is 19.3 Å². The molecule has 2 nitrogen and oxygen atoms in total. The first-order valence-corrected chi connectivity index (χ1v) is 6.33. The van der Waals surface area contributed by atoms with E-state index in [-0.39, 0.29) is 0 Å². The molecule has 1 N–H and O–H groups in total. The number of anilines is 1. The standard InChI is InChI=1S/C14H23NO/c1-3-5-6-7-11-16-14-10-8-9-13(12-14)15-4-2/h8-10,12,15H,3-7,11H2,1-2H3. The van der Waals surface area contributed by atoms with Gasteiger partial charge in [-0.3, -0.25) is 0 Å². The quantitative estimate of drug-likeness (QED) is 0.668. The van der Waals surface area contributed by atoms with Crippen LogP contribution in [0.3, 0.4) is 0 Å². The van der Waals surface area contributed by atoms with Crippen LogP contribution in [0.5, 0.6) is 5.75 Å². The molecule has 1 aromatic carbocycles. The van der Waals surface area contributed by atoms with Crippen molar-refractivity contribution in [2.24, 2.45) is 0 Å². The summed E-state index contributed by atoms with van der Waals surface area (Å²) in [7, 11) is 0. The zero-order chi connectivity index (χ0) is 11.6. The number of rotatable bonds is 8. The van der Waals surface area contributed by atoms with Gasteiger partial charge in [0.2, 0.25) is 0 Å². The highest BCUT2D eigenvalue weighted by Crippen LogP contribution is 2.17. The largest absolute Gasteiger partial charge is 0.494 e. The van der Waals surface area contributed by atoms with Crippen molar-refractivity contribution < 1.29 is 4.74 Å². The highest BCUT2D eigenvalue weighted by molar-refractivity contribution is 5.47. The van der Waals surface area contributed by atoms with Gasteiger partial charge in [0.1, 0.15) is 5.75 Å². The fourth-order valence-corrected chi connectivity index (χ4v) is 1.62. The fourth-order valence-electron chi connectivity index (χ4n) is 1.62. The van der Waals surface area contributed by atoms with Gasteiger partial charge in [-0.15, -0.1) is 0 Å². The van der Waals surface area contributed by atoms with Crippen LogP contribution in [0, 0.1) is 0 Å². The molecule has 0 amide bonds. The Balaban J connectivity index is 2.27. The van der Waals surface area contributed by atoms with E-state index in [0.29, 0.717) is 0 Å². The Morgan fingerprint density at radius 1 is 1.12 bits per heavy atom. The van der Waals surface area contributed by atoms with Crippen LogP contribution in [-0.2, 0) is 0 Å². The topological polar surface area (TPSA) is 21.3 Å². The van der Waals surface area contributed by atoms with Crippen LogP contribution in [0.25, 0.3) is 0 Å². The first-order valence-electron chi connectivity index (χ1n) is 6.33. The van der Waals surface area contributed by atoms with Crippen molar-refractivity contribution in [3.05, 3.63) is 24.3 Å². The van der Waals surface area contributed by atoms with Crippen molar-refractivity contribution in [1.29, 1.82) is 0 Å². The second-order valence-electron chi connectivity index (χ2n) is 3.97. The Bertz CT molecular complexity index is 286. The third-order valence-electron chi connectivity index (χ3n) is 2.48. The molecule has 1 aromatic rings. The normalized spacial score (nSPS) is 10.1. The van der Waals surface area contributed by atoms with Crippen molar-refractivity contribution >= 4 is 5.69 Å². The van der Waals surface area contributed by atoms with E-state index in [2.05, 4.69) is 31.3 Å². The molecule has 0 heterocycles. The summed E-state index contributed by atoms with van der Waals surface area (Å²) in [5.41, 5.74) is 1.13. The third kappa shape index (κ3) is 5.06. The molecule has 0 atom stereocenters. The number of ether oxygens (including phenoxy) is 1. The zero-order valence-corrected chi connectivity index (χ0v) is 10.5. The van der Waals surface area contributed by atoms with Gasteiger partial charge in [-0.05, 0) is 25.5 Å². The van der Waals surface area contributed by atoms with Crippen molar-refractivity contribution in [2.75, 3.05) is 18.5 Å². The lowest BCUT2D eigenvalue weighted by molar-refractivity contribution is 0.305. The summed E-state index contributed by atoms with van der Waals surface area (Å²) in [6.07, 6.45) is 5.00. The van der Waals surface area contributed by atoms with Crippen LogP contribution < -0.4 is 10.1 Å². The minimum atomic E-state index is 0.829. The summed E-state index contributed by atoms with van der Waals surface area (Å²) in [6.45, 7) is 6.09. The Kier molecular flexibility index (Phi) is 6.47. The molecule has 0 aliphatic carbocycles. The van der Waals surface area contributed by atoms with Crippen molar-refractivity contribution in [3.8, 4) is 5.75 Å². The maximum atomic E-state index is 5.70. The molecular formula is C14H23NO. The van der Waals surface area contributed by atoms with Gasteiger partial charge in [-0.2, -0.15) is 0 Å². The number of hydrogen-bond donors (Lipinski definition) is 1. The maximum absolute atomic E-state index is 5.70. The summed E-state index contributed by atoms with van der Waals surface area (Å²) in [6, 6.07) is 8.16. The van der Waals surface area contributed by atoms with Crippen molar-refractivity contribution in [2.45, 2.75) is 39.5 Å². The summed E-state index contributed by atoms with van der Waals surface area (Å²) >= 11 is 0. The maximum Gasteiger partial charge on any atom is 0.121 e. The van der Waals surface area contributed by atoms with E-state index in [9.17, 15) is 0 Å². The Labute approximate surface area is 99.0 Å². The van der Waals surface area contributed by atoms with Crippen LogP contribution in [-0.4, -0.2) is 13.2 Å². The highest BCUT2D eigenvalue weighted by atomic mass is 16.5. The second-order valence-corrected chi connectivity index (χ2v) is 3.97. The molecule has 0 radical (unpaired) electrons. The zero-order valence-electron chi connectivity index (χ0n) is 10.5. The predicted octanol–water partition coefficient (Wildman–Crippen LogP) is 4.08. The van der Waals surface area contributed by atoms with Crippen molar-refractivity contribution in [3.63, 3.8) is 0 Å². The molecule has 2 heteroatoms.